The molecule has 26 heavy (non-hydrogen) atoms. The maximum atomic E-state index is 13.0. The SMILES string of the molecule is CCCN1CCCCC1(C(N)=O)c1c(CC2CC2)cccc1CC1CC1. The van der Waals surface area contributed by atoms with Crippen molar-refractivity contribution in [3.63, 3.8) is 0 Å². The monoisotopic (exact) mass is 354 g/mol. The number of benzene rings is 1. The molecule has 1 amide bonds. The Bertz CT molecular complexity index is 628. The predicted octanol–water partition coefficient (Wildman–Crippen LogP) is 4.17. The van der Waals surface area contributed by atoms with Crippen LogP contribution in [0.3, 0.4) is 0 Å². The summed E-state index contributed by atoms with van der Waals surface area (Å²) in [5, 5.41) is 0. The van der Waals surface area contributed by atoms with Gasteiger partial charge in [0.25, 0.3) is 0 Å². The molecule has 142 valence electrons. The third kappa shape index (κ3) is 3.43. The molecule has 1 unspecified atom stereocenters. The van der Waals surface area contributed by atoms with Crippen LogP contribution in [0.25, 0.3) is 0 Å². The number of primary amides is 1. The molecule has 3 nitrogen and oxygen atoms in total. The fourth-order valence-corrected chi connectivity index (χ4v) is 5.08. The number of nitrogens with zero attached hydrogens (tertiary/aromatic N) is 1. The molecular weight excluding hydrogens is 320 g/mol. The molecule has 3 aliphatic rings. The van der Waals surface area contributed by atoms with E-state index in [0.717, 1.165) is 57.0 Å². The van der Waals surface area contributed by atoms with Gasteiger partial charge in [0, 0.05) is 0 Å². The molecule has 1 aromatic rings. The van der Waals surface area contributed by atoms with Crippen molar-refractivity contribution in [2.45, 2.75) is 76.7 Å². The number of rotatable bonds is 8. The normalized spacial score (nSPS) is 26.8. The van der Waals surface area contributed by atoms with Gasteiger partial charge in [-0.15, -0.1) is 0 Å². The van der Waals surface area contributed by atoms with E-state index in [-0.39, 0.29) is 5.91 Å². The van der Waals surface area contributed by atoms with Gasteiger partial charge in [-0.1, -0.05) is 25.1 Å². The van der Waals surface area contributed by atoms with E-state index in [4.69, 9.17) is 5.73 Å². The fourth-order valence-electron chi connectivity index (χ4n) is 5.08. The van der Waals surface area contributed by atoms with E-state index < -0.39 is 5.54 Å². The number of carbonyl (C=O) groups excluding carboxylic acids is 1. The standard InChI is InChI=1S/C23H34N2O/c1-2-13-25-14-4-3-12-23(25,22(24)26)21-19(15-17-8-9-17)6-5-7-20(21)16-18-10-11-18/h5-7,17-18H,2-4,8-16H2,1H3,(H2,24,26). The minimum absolute atomic E-state index is 0.119. The van der Waals surface area contributed by atoms with E-state index in [1.165, 1.54) is 48.8 Å². The second kappa shape index (κ2) is 7.34. The average molecular weight is 355 g/mol. The van der Waals surface area contributed by atoms with Crippen LogP contribution in [0.1, 0.15) is 75.0 Å². The Morgan fingerprint density at radius 3 is 2.23 bits per heavy atom. The second-order valence-electron chi connectivity index (χ2n) is 8.91. The van der Waals surface area contributed by atoms with Crippen LogP contribution in [-0.2, 0) is 23.2 Å². The van der Waals surface area contributed by atoms with Crippen LogP contribution in [0.4, 0.5) is 0 Å². The van der Waals surface area contributed by atoms with Crippen LogP contribution in [-0.4, -0.2) is 23.9 Å². The van der Waals surface area contributed by atoms with Crippen molar-refractivity contribution in [3.05, 3.63) is 34.9 Å². The van der Waals surface area contributed by atoms with Crippen molar-refractivity contribution in [3.8, 4) is 0 Å². The molecule has 1 aliphatic heterocycles. The van der Waals surface area contributed by atoms with Crippen molar-refractivity contribution >= 4 is 5.91 Å². The van der Waals surface area contributed by atoms with E-state index in [9.17, 15) is 4.79 Å². The molecular formula is C23H34N2O. The van der Waals surface area contributed by atoms with Crippen LogP contribution in [0.15, 0.2) is 18.2 Å². The summed E-state index contributed by atoms with van der Waals surface area (Å²) in [6, 6.07) is 6.79. The van der Waals surface area contributed by atoms with Crippen molar-refractivity contribution in [1.29, 1.82) is 0 Å². The lowest BCUT2D eigenvalue weighted by molar-refractivity contribution is -0.133. The first-order valence-electron chi connectivity index (χ1n) is 10.8. The minimum atomic E-state index is -0.579. The fraction of sp³-hybridized carbons (Fsp3) is 0.696. The summed E-state index contributed by atoms with van der Waals surface area (Å²) in [7, 11) is 0. The summed E-state index contributed by atoms with van der Waals surface area (Å²) < 4.78 is 0. The summed E-state index contributed by atoms with van der Waals surface area (Å²) in [5.41, 5.74) is 9.76. The van der Waals surface area contributed by atoms with Crippen molar-refractivity contribution in [2.75, 3.05) is 13.1 Å². The topological polar surface area (TPSA) is 46.3 Å². The van der Waals surface area contributed by atoms with Crippen molar-refractivity contribution in [1.82, 2.24) is 4.90 Å². The number of hydrogen-bond donors (Lipinski definition) is 1. The van der Waals surface area contributed by atoms with Gasteiger partial charge in [0.05, 0.1) is 0 Å². The molecule has 1 saturated heterocycles. The number of carbonyl (C=O) groups is 1. The Morgan fingerprint density at radius 1 is 1.12 bits per heavy atom. The highest BCUT2D eigenvalue weighted by molar-refractivity contribution is 5.87. The van der Waals surface area contributed by atoms with E-state index in [2.05, 4.69) is 30.0 Å². The van der Waals surface area contributed by atoms with Gasteiger partial charge in [-0.2, -0.15) is 0 Å². The molecule has 1 atom stereocenters. The molecule has 1 heterocycles. The van der Waals surface area contributed by atoms with E-state index >= 15 is 0 Å². The van der Waals surface area contributed by atoms with Crippen molar-refractivity contribution in [2.24, 2.45) is 17.6 Å². The minimum Gasteiger partial charge on any atom is -0.368 e. The molecule has 2 saturated carbocycles. The highest BCUT2D eigenvalue weighted by atomic mass is 16.1. The Hall–Kier alpha value is -1.35. The van der Waals surface area contributed by atoms with Gasteiger partial charge < -0.3 is 5.73 Å². The van der Waals surface area contributed by atoms with Crippen LogP contribution in [0.2, 0.25) is 0 Å². The lowest BCUT2D eigenvalue weighted by atomic mass is 9.73. The molecule has 3 fully saturated rings. The van der Waals surface area contributed by atoms with Gasteiger partial charge >= 0.3 is 0 Å². The van der Waals surface area contributed by atoms with Crippen LogP contribution in [0.5, 0.6) is 0 Å². The first-order chi connectivity index (χ1) is 12.6. The zero-order valence-electron chi connectivity index (χ0n) is 16.3. The zero-order valence-corrected chi connectivity index (χ0v) is 16.3. The van der Waals surface area contributed by atoms with Gasteiger partial charge in [0.2, 0.25) is 5.91 Å². The third-order valence-corrected chi connectivity index (χ3v) is 6.72. The number of hydrogen-bond acceptors (Lipinski definition) is 2. The summed E-state index contributed by atoms with van der Waals surface area (Å²) in [4.78, 5) is 15.5. The molecule has 0 radical (unpaired) electrons. The number of amides is 1. The van der Waals surface area contributed by atoms with Gasteiger partial charge in [0.1, 0.15) is 5.54 Å². The summed E-state index contributed by atoms with van der Waals surface area (Å²) in [6.45, 7) is 4.17. The van der Waals surface area contributed by atoms with Gasteiger partial charge in [-0.25, -0.2) is 0 Å². The van der Waals surface area contributed by atoms with Crippen molar-refractivity contribution < 1.29 is 4.79 Å². The first kappa shape index (κ1) is 18.0. The summed E-state index contributed by atoms with van der Waals surface area (Å²) in [6.07, 6.45) is 11.9. The van der Waals surface area contributed by atoms with E-state index in [0.29, 0.717) is 0 Å². The Labute approximate surface area is 158 Å². The second-order valence-corrected chi connectivity index (χ2v) is 8.91. The molecule has 1 aromatic carbocycles. The van der Waals surface area contributed by atoms with E-state index in [1.807, 2.05) is 0 Å². The molecule has 0 bridgehead atoms. The summed E-state index contributed by atoms with van der Waals surface area (Å²) >= 11 is 0. The molecule has 0 aromatic heterocycles. The van der Waals surface area contributed by atoms with Gasteiger partial charge in [-0.05, 0) is 106 Å². The number of nitrogens with two attached hydrogens (primary N) is 1. The largest absolute Gasteiger partial charge is 0.368 e. The number of piperidine rings is 1. The summed E-state index contributed by atoms with van der Waals surface area (Å²) in [5.74, 6) is 1.52. The first-order valence-corrected chi connectivity index (χ1v) is 10.8. The molecule has 2 aliphatic carbocycles. The quantitative estimate of drug-likeness (QED) is 0.761. The van der Waals surface area contributed by atoms with Gasteiger partial charge in [-0.3, -0.25) is 9.69 Å². The molecule has 3 heteroatoms. The molecule has 0 spiro atoms. The van der Waals surface area contributed by atoms with E-state index in [1.54, 1.807) is 0 Å². The van der Waals surface area contributed by atoms with Crippen LogP contribution < -0.4 is 5.73 Å². The zero-order chi connectivity index (χ0) is 18.1. The highest BCUT2D eigenvalue weighted by Crippen LogP contribution is 2.45. The Balaban J connectivity index is 1.83. The number of likely N-dealkylation sites (tertiary alicyclic amines) is 1. The molecule has 2 N–H and O–H groups in total. The lowest BCUT2D eigenvalue weighted by Gasteiger charge is -2.47. The average Bonchev–Trinajstić information content (AvgIpc) is 3.53. The smallest absolute Gasteiger partial charge is 0.242 e. The Morgan fingerprint density at radius 2 is 1.73 bits per heavy atom. The van der Waals surface area contributed by atoms with Crippen LogP contribution in [0, 0.1) is 11.8 Å². The maximum Gasteiger partial charge on any atom is 0.242 e. The van der Waals surface area contributed by atoms with Crippen LogP contribution >= 0.6 is 0 Å². The predicted molar refractivity (Wildman–Crippen MR) is 106 cm³/mol. The lowest BCUT2D eigenvalue weighted by Crippen LogP contribution is -2.58. The highest BCUT2D eigenvalue weighted by Gasteiger charge is 2.48. The third-order valence-electron chi connectivity index (χ3n) is 6.72. The van der Waals surface area contributed by atoms with Gasteiger partial charge in [0.15, 0.2) is 0 Å². The molecule has 4 rings (SSSR count). The maximum absolute atomic E-state index is 13.0. The Kier molecular flexibility index (Phi) is 5.09.